The van der Waals surface area contributed by atoms with Gasteiger partial charge in [-0.05, 0) is 42.5 Å². The van der Waals surface area contributed by atoms with Crippen LogP contribution in [-0.2, 0) is 6.54 Å². The van der Waals surface area contributed by atoms with Gasteiger partial charge in [0.15, 0.2) is 5.78 Å². The van der Waals surface area contributed by atoms with Crippen molar-refractivity contribution >= 4 is 28.4 Å². The van der Waals surface area contributed by atoms with Gasteiger partial charge in [0.2, 0.25) is 5.16 Å². The van der Waals surface area contributed by atoms with Gasteiger partial charge in [-0.1, -0.05) is 30.0 Å². The van der Waals surface area contributed by atoms with Crippen LogP contribution in [0.1, 0.15) is 28.7 Å². The van der Waals surface area contributed by atoms with Gasteiger partial charge >= 0.3 is 0 Å². The first-order valence-electron chi connectivity index (χ1n) is 8.20. The highest BCUT2D eigenvalue weighted by Crippen LogP contribution is 2.29. The predicted octanol–water partition coefficient (Wildman–Crippen LogP) is 3.47. The van der Waals surface area contributed by atoms with Gasteiger partial charge in [-0.25, -0.2) is 4.68 Å². The average molecular weight is 367 g/mol. The number of rotatable bonds is 6. The number of ketones is 1. The van der Waals surface area contributed by atoms with Crippen LogP contribution in [0.5, 0.6) is 0 Å². The molecule has 0 aliphatic rings. The van der Waals surface area contributed by atoms with Crippen LogP contribution in [0.15, 0.2) is 52.2 Å². The average Bonchev–Trinajstić information content (AvgIpc) is 3.35. The second-order valence-corrected chi connectivity index (χ2v) is 7.30. The molecule has 3 heterocycles. The van der Waals surface area contributed by atoms with E-state index in [1.807, 2.05) is 50.2 Å². The third kappa shape index (κ3) is 3.03. The number of benzene rings is 1. The third-order valence-electron chi connectivity index (χ3n) is 4.18. The van der Waals surface area contributed by atoms with Crippen molar-refractivity contribution in [2.75, 3.05) is 0 Å². The lowest BCUT2D eigenvalue weighted by atomic mass is 10.1. The van der Waals surface area contributed by atoms with Crippen molar-refractivity contribution < 1.29 is 9.21 Å². The molecule has 0 amide bonds. The Labute approximate surface area is 153 Å². The first kappa shape index (κ1) is 16.6. The summed E-state index contributed by atoms with van der Waals surface area (Å²) < 4.78 is 6.97. The quantitative estimate of drug-likeness (QED) is 0.415. The number of hydrogen-bond donors (Lipinski definition) is 1. The lowest BCUT2D eigenvalue weighted by Crippen LogP contribution is -2.16. The zero-order chi connectivity index (χ0) is 18.1. The Morgan fingerprint density at radius 1 is 1.31 bits per heavy atom. The van der Waals surface area contributed by atoms with Crippen LogP contribution >= 0.6 is 11.8 Å². The fourth-order valence-electron chi connectivity index (χ4n) is 2.94. The Morgan fingerprint density at radius 3 is 2.96 bits per heavy atom. The summed E-state index contributed by atoms with van der Waals surface area (Å²) in [5.41, 5.74) is 2.57. The Bertz CT molecular complexity index is 1050. The molecular formula is C18H17N5O2S. The minimum absolute atomic E-state index is 0.0532. The number of hydrogen-bond acceptors (Lipinski definition) is 6. The summed E-state index contributed by atoms with van der Waals surface area (Å²) in [6.07, 6.45) is 1.61. The van der Waals surface area contributed by atoms with Crippen LogP contribution < -0.4 is 0 Å². The molecule has 0 bridgehead atoms. The Balaban J connectivity index is 1.57. The van der Waals surface area contributed by atoms with Gasteiger partial charge in [-0.2, -0.15) is 0 Å². The van der Waals surface area contributed by atoms with Crippen molar-refractivity contribution in [2.24, 2.45) is 0 Å². The number of aromatic nitrogens is 5. The van der Waals surface area contributed by atoms with E-state index in [4.69, 9.17) is 4.42 Å². The van der Waals surface area contributed by atoms with Crippen molar-refractivity contribution in [2.45, 2.75) is 30.8 Å². The third-order valence-corrected chi connectivity index (χ3v) is 5.25. The molecule has 1 N–H and O–H groups in total. The van der Waals surface area contributed by atoms with Crippen molar-refractivity contribution in [1.29, 1.82) is 0 Å². The molecule has 7 nitrogen and oxygen atoms in total. The van der Waals surface area contributed by atoms with Crippen molar-refractivity contribution in [3.05, 3.63) is 59.7 Å². The molecule has 0 saturated heterocycles. The second kappa shape index (κ2) is 6.80. The highest BCUT2D eigenvalue weighted by molar-refractivity contribution is 8.00. The summed E-state index contributed by atoms with van der Waals surface area (Å²) in [7, 11) is 0. The van der Waals surface area contributed by atoms with Crippen LogP contribution in [0, 0.1) is 6.92 Å². The highest BCUT2D eigenvalue weighted by atomic mass is 32.2. The topological polar surface area (TPSA) is 89.6 Å². The molecule has 1 aromatic carbocycles. The number of thioether (sulfide) groups is 1. The summed E-state index contributed by atoms with van der Waals surface area (Å²) in [6, 6.07) is 11.5. The molecule has 3 aromatic heterocycles. The summed E-state index contributed by atoms with van der Waals surface area (Å²) in [5.74, 6) is 0.808. The van der Waals surface area contributed by atoms with E-state index >= 15 is 0 Å². The van der Waals surface area contributed by atoms with Gasteiger partial charge in [-0.15, -0.1) is 5.10 Å². The molecule has 0 aliphatic carbocycles. The molecule has 1 atom stereocenters. The Morgan fingerprint density at radius 2 is 2.15 bits per heavy atom. The van der Waals surface area contributed by atoms with Gasteiger partial charge in [0.25, 0.3) is 0 Å². The van der Waals surface area contributed by atoms with Crippen molar-refractivity contribution in [1.82, 2.24) is 25.2 Å². The largest absolute Gasteiger partial charge is 0.467 e. The van der Waals surface area contributed by atoms with Crippen LogP contribution in [0.2, 0.25) is 0 Å². The van der Waals surface area contributed by atoms with Crippen LogP contribution in [-0.4, -0.2) is 36.2 Å². The summed E-state index contributed by atoms with van der Waals surface area (Å²) in [4.78, 5) is 16.3. The number of aryl methyl sites for hydroxylation is 1. The summed E-state index contributed by atoms with van der Waals surface area (Å²) in [6.45, 7) is 4.22. The Kier molecular flexibility index (Phi) is 4.34. The van der Waals surface area contributed by atoms with Gasteiger partial charge in [0, 0.05) is 22.2 Å². The molecule has 4 rings (SSSR count). The van der Waals surface area contributed by atoms with Gasteiger partial charge in [0.05, 0.1) is 11.5 Å². The molecule has 0 radical (unpaired) electrons. The first-order valence-corrected chi connectivity index (χ1v) is 9.08. The molecular weight excluding hydrogens is 350 g/mol. The smallest absolute Gasteiger partial charge is 0.210 e. The first-order chi connectivity index (χ1) is 12.6. The van der Waals surface area contributed by atoms with E-state index < -0.39 is 0 Å². The molecule has 132 valence electrons. The van der Waals surface area contributed by atoms with E-state index in [0.29, 0.717) is 11.7 Å². The second-order valence-electron chi connectivity index (χ2n) is 5.99. The Hall–Kier alpha value is -2.87. The maximum absolute atomic E-state index is 13.1. The van der Waals surface area contributed by atoms with Crippen molar-refractivity contribution in [3.63, 3.8) is 0 Å². The number of nitrogens with zero attached hydrogens (tertiary/aromatic N) is 4. The minimum atomic E-state index is -0.325. The number of carbonyl (C=O) groups excluding carboxylic acids is 1. The maximum Gasteiger partial charge on any atom is 0.210 e. The molecule has 0 saturated carbocycles. The van der Waals surface area contributed by atoms with Crippen LogP contribution in [0.25, 0.3) is 10.9 Å². The molecule has 1 unspecified atom stereocenters. The molecule has 8 heteroatoms. The lowest BCUT2D eigenvalue weighted by molar-refractivity contribution is 0.0995. The monoisotopic (exact) mass is 367 g/mol. The van der Waals surface area contributed by atoms with Crippen LogP contribution in [0.3, 0.4) is 0 Å². The van der Waals surface area contributed by atoms with Crippen LogP contribution in [0.4, 0.5) is 0 Å². The lowest BCUT2D eigenvalue weighted by Gasteiger charge is -2.10. The fourth-order valence-corrected chi connectivity index (χ4v) is 3.79. The van der Waals surface area contributed by atoms with E-state index in [9.17, 15) is 4.79 Å². The zero-order valence-corrected chi connectivity index (χ0v) is 15.2. The van der Waals surface area contributed by atoms with Gasteiger partial charge < -0.3 is 9.40 Å². The number of tetrazole rings is 1. The van der Waals surface area contributed by atoms with E-state index in [2.05, 4.69) is 20.5 Å². The van der Waals surface area contributed by atoms with Gasteiger partial charge in [0.1, 0.15) is 12.3 Å². The van der Waals surface area contributed by atoms with E-state index in [-0.39, 0.29) is 11.0 Å². The van der Waals surface area contributed by atoms with Crippen molar-refractivity contribution in [3.8, 4) is 0 Å². The number of para-hydroxylation sites is 1. The minimum Gasteiger partial charge on any atom is -0.467 e. The standard InChI is InChI=1S/C18H17N5O2S/c1-11-16(14-7-3-4-8-15(14)19-11)17(24)12(2)26-18-20-21-22-23(18)10-13-6-5-9-25-13/h3-9,12,19H,10H2,1-2H3. The number of Topliss-reactive ketones (excluding diaryl/α,β-unsaturated/α-hetero) is 1. The number of carbonyl (C=O) groups is 1. The summed E-state index contributed by atoms with van der Waals surface area (Å²) in [5, 5.41) is 13.0. The fraction of sp³-hybridized carbons (Fsp3) is 0.222. The number of nitrogens with one attached hydrogen (secondary N) is 1. The predicted molar refractivity (Wildman–Crippen MR) is 98.3 cm³/mol. The molecule has 0 aliphatic heterocycles. The normalized spacial score (nSPS) is 12.5. The van der Waals surface area contributed by atoms with E-state index in [0.717, 1.165) is 27.9 Å². The number of fused-ring (bicyclic) bond motifs is 1. The SMILES string of the molecule is Cc1[nH]c2ccccc2c1C(=O)C(C)Sc1nnnn1Cc1ccco1. The number of H-pyrrole nitrogens is 1. The molecule has 0 fully saturated rings. The maximum atomic E-state index is 13.1. The summed E-state index contributed by atoms with van der Waals surface area (Å²) >= 11 is 1.34. The zero-order valence-electron chi connectivity index (χ0n) is 14.3. The van der Waals surface area contributed by atoms with Gasteiger partial charge in [-0.3, -0.25) is 4.79 Å². The molecule has 4 aromatic rings. The molecule has 26 heavy (non-hydrogen) atoms. The van der Waals surface area contributed by atoms with E-state index in [1.54, 1.807) is 10.9 Å². The molecule has 0 spiro atoms. The number of aromatic amines is 1. The highest BCUT2D eigenvalue weighted by Gasteiger charge is 2.24. The number of furan rings is 1. The van der Waals surface area contributed by atoms with E-state index in [1.165, 1.54) is 11.8 Å².